The zero-order valence-corrected chi connectivity index (χ0v) is 11.4. The molecule has 6 heteroatoms. The lowest BCUT2D eigenvalue weighted by molar-refractivity contribution is 0.0694. The zero-order valence-electron chi connectivity index (χ0n) is 11.4. The van der Waals surface area contributed by atoms with E-state index >= 15 is 0 Å². The van der Waals surface area contributed by atoms with Gasteiger partial charge in [0.15, 0.2) is 5.76 Å². The Labute approximate surface area is 111 Å². The van der Waals surface area contributed by atoms with Crippen molar-refractivity contribution >= 4 is 5.97 Å². The minimum Gasteiger partial charge on any atom is -0.477 e. The molecule has 0 aliphatic carbocycles. The molecule has 0 fully saturated rings. The van der Waals surface area contributed by atoms with Crippen LogP contribution in [0.5, 0.6) is 0 Å². The van der Waals surface area contributed by atoms with E-state index in [0.29, 0.717) is 17.1 Å². The van der Waals surface area contributed by atoms with E-state index in [1.54, 1.807) is 12.5 Å². The molecule has 19 heavy (non-hydrogen) atoms. The highest BCUT2D eigenvalue weighted by Gasteiger charge is 2.27. The topological polar surface area (TPSA) is 81.2 Å². The fourth-order valence-corrected chi connectivity index (χ4v) is 1.98. The first-order valence-electron chi connectivity index (χ1n) is 6.18. The molecule has 2 heterocycles. The van der Waals surface area contributed by atoms with Gasteiger partial charge in [0, 0.05) is 12.0 Å². The molecule has 102 valence electrons. The van der Waals surface area contributed by atoms with Crippen LogP contribution in [0.1, 0.15) is 55.8 Å². The van der Waals surface area contributed by atoms with Crippen molar-refractivity contribution in [3.05, 3.63) is 23.8 Å². The molecule has 2 aromatic rings. The first kappa shape index (κ1) is 13.3. The number of carbonyl (C=O) groups is 1. The highest BCUT2D eigenvalue weighted by Crippen LogP contribution is 2.30. The van der Waals surface area contributed by atoms with Gasteiger partial charge in [-0.2, -0.15) is 0 Å². The van der Waals surface area contributed by atoms with Gasteiger partial charge in [0.25, 0.3) is 0 Å². The number of carboxylic acids is 1. The van der Waals surface area contributed by atoms with Crippen LogP contribution >= 0.6 is 0 Å². The molecular formula is C13H17N3O3. The van der Waals surface area contributed by atoms with Gasteiger partial charge in [0.2, 0.25) is 0 Å². The zero-order chi connectivity index (χ0) is 14.2. The summed E-state index contributed by atoms with van der Waals surface area (Å²) in [5, 5.41) is 13.3. The summed E-state index contributed by atoms with van der Waals surface area (Å²) in [6.45, 7) is 7.73. The predicted molar refractivity (Wildman–Crippen MR) is 69.2 cm³/mol. The predicted octanol–water partition coefficient (Wildman–Crippen LogP) is 2.94. The average molecular weight is 263 g/mol. The van der Waals surface area contributed by atoms with E-state index in [1.165, 1.54) is 0 Å². The van der Waals surface area contributed by atoms with Crippen LogP contribution in [0.2, 0.25) is 0 Å². The smallest absolute Gasteiger partial charge is 0.341 e. The summed E-state index contributed by atoms with van der Waals surface area (Å²) in [5.74, 6) is -0.682. The summed E-state index contributed by atoms with van der Waals surface area (Å²) < 4.78 is 7.07. The number of rotatable bonds is 4. The Kier molecular flexibility index (Phi) is 3.42. The molecule has 6 nitrogen and oxygen atoms in total. The monoisotopic (exact) mass is 263 g/mol. The van der Waals surface area contributed by atoms with E-state index in [1.807, 2.05) is 32.3 Å². The third kappa shape index (κ3) is 2.25. The quantitative estimate of drug-likeness (QED) is 0.917. The largest absolute Gasteiger partial charge is 0.477 e. The van der Waals surface area contributed by atoms with Gasteiger partial charge >= 0.3 is 5.97 Å². The number of nitrogens with zero attached hydrogens (tertiary/aromatic N) is 3. The van der Waals surface area contributed by atoms with Crippen LogP contribution in [0.4, 0.5) is 0 Å². The van der Waals surface area contributed by atoms with Gasteiger partial charge in [0.1, 0.15) is 11.3 Å². The Bertz CT molecular complexity index is 596. The van der Waals surface area contributed by atoms with Crippen molar-refractivity contribution in [2.45, 2.75) is 39.7 Å². The van der Waals surface area contributed by atoms with Crippen molar-refractivity contribution in [3.63, 3.8) is 0 Å². The lowest BCUT2D eigenvalue weighted by atomic mass is 10.0. The van der Waals surface area contributed by atoms with Gasteiger partial charge in [-0.1, -0.05) is 19.0 Å². The summed E-state index contributed by atoms with van der Waals surface area (Å²) >= 11 is 0. The lowest BCUT2D eigenvalue weighted by Crippen LogP contribution is -2.06. The number of hydrogen-bond acceptors (Lipinski definition) is 4. The van der Waals surface area contributed by atoms with Crippen molar-refractivity contribution in [2.24, 2.45) is 0 Å². The maximum absolute atomic E-state index is 11.5. The molecule has 0 radical (unpaired) electrons. The summed E-state index contributed by atoms with van der Waals surface area (Å²) in [6, 6.07) is 0.165. The second-order valence-corrected chi connectivity index (χ2v) is 5.01. The molecule has 0 bridgehead atoms. The van der Waals surface area contributed by atoms with Crippen molar-refractivity contribution in [1.29, 1.82) is 0 Å². The molecule has 1 N–H and O–H groups in total. The normalized spacial score (nSPS) is 11.5. The van der Waals surface area contributed by atoms with Gasteiger partial charge in [0.05, 0.1) is 18.2 Å². The van der Waals surface area contributed by atoms with Crippen LogP contribution in [0.15, 0.2) is 17.0 Å². The van der Waals surface area contributed by atoms with Crippen LogP contribution in [-0.4, -0.2) is 25.8 Å². The molecule has 0 saturated heterocycles. The minimum atomic E-state index is -1.03. The first-order valence-corrected chi connectivity index (χ1v) is 6.18. The number of aromatic nitrogens is 3. The highest BCUT2D eigenvalue weighted by atomic mass is 16.5. The molecule has 0 aliphatic heterocycles. The molecule has 0 atom stereocenters. The third-order valence-corrected chi connectivity index (χ3v) is 2.92. The second kappa shape index (κ2) is 4.87. The van der Waals surface area contributed by atoms with Crippen LogP contribution in [0, 0.1) is 0 Å². The van der Waals surface area contributed by atoms with Crippen molar-refractivity contribution in [3.8, 4) is 11.4 Å². The maximum atomic E-state index is 11.5. The number of imidazole rings is 1. The number of hydrogen-bond donors (Lipinski definition) is 1. The fraction of sp³-hybridized carbons (Fsp3) is 0.462. The Hall–Kier alpha value is -2.11. The van der Waals surface area contributed by atoms with Crippen molar-refractivity contribution in [2.75, 3.05) is 0 Å². The molecular weight excluding hydrogens is 246 g/mol. The highest BCUT2D eigenvalue weighted by molar-refractivity contribution is 5.95. The SMILES string of the molecule is CC(C)c1onc(-c2cncn2C(C)C)c1C(=O)O. The summed E-state index contributed by atoms with van der Waals surface area (Å²) in [5.41, 5.74) is 1.11. The molecule has 0 unspecified atom stereocenters. The van der Waals surface area contributed by atoms with Crippen molar-refractivity contribution < 1.29 is 14.4 Å². The Morgan fingerprint density at radius 2 is 2.05 bits per heavy atom. The van der Waals surface area contributed by atoms with E-state index in [0.717, 1.165) is 0 Å². The number of carboxylic acid groups (broad SMARTS) is 1. The van der Waals surface area contributed by atoms with Crippen LogP contribution < -0.4 is 0 Å². The van der Waals surface area contributed by atoms with Crippen LogP contribution in [-0.2, 0) is 0 Å². The first-order chi connectivity index (χ1) is 8.93. The summed E-state index contributed by atoms with van der Waals surface area (Å²) in [6.07, 6.45) is 3.27. The van der Waals surface area contributed by atoms with Crippen molar-refractivity contribution in [1.82, 2.24) is 14.7 Å². The van der Waals surface area contributed by atoms with Gasteiger partial charge in [-0.15, -0.1) is 0 Å². The molecule has 0 amide bonds. The number of aromatic carboxylic acids is 1. The lowest BCUT2D eigenvalue weighted by Gasteiger charge is -2.10. The van der Waals surface area contributed by atoms with Crippen LogP contribution in [0.25, 0.3) is 11.4 Å². The van der Waals surface area contributed by atoms with Crippen LogP contribution in [0.3, 0.4) is 0 Å². The molecule has 0 aliphatic rings. The molecule has 0 aromatic carbocycles. The fourth-order valence-electron chi connectivity index (χ4n) is 1.98. The Morgan fingerprint density at radius 3 is 2.58 bits per heavy atom. The average Bonchev–Trinajstić information content (AvgIpc) is 2.94. The standard InChI is InChI=1S/C13H17N3O3/c1-7(2)12-10(13(17)18)11(15-19-12)9-5-14-6-16(9)8(3)4/h5-8H,1-4H3,(H,17,18). The second-order valence-electron chi connectivity index (χ2n) is 5.01. The Balaban J connectivity index is 2.63. The maximum Gasteiger partial charge on any atom is 0.341 e. The van der Waals surface area contributed by atoms with E-state index in [9.17, 15) is 9.90 Å². The van der Waals surface area contributed by atoms with E-state index in [4.69, 9.17) is 4.52 Å². The van der Waals surface area contributed by atoms with E-state index in [-0.39, 0.29) is 17.5 Å². The molecule has 0 saturated carbocycles. The minimum absolute atomic E-state index is 0.0391. The van der Waals surface area contributed by atoms with Gasteiger partial charge in [-0.3, -0.25) is 0 Å². The molecule has 2 rings (SSSR count). The summed E-state index contributed by atoms with van der Waals surface area (Å²) in [7, 11) is 0. The Morgan fingerprint density at radius 1 is 1.37 bits per heavy atom. The van der Waals surface area contributed by atoms with E-state index < -0.39 is 5.97 Å². The van der Waals surface area contributed by atoms with E-state index in [2.05, 4.69) is 10.1 Å². The van der Waals surface area contributed by atoms with Gasteiger partial charge in [-0.05, 0) is 13.8 Å². The molecule has 2 aromatic heterocycles. The van der Waals surface area contributed by atoms with Gasteiger partial charge < -0.3 is 14.2 Å². The third-order valence-electron chi connectivity index (χ3n) is 2.92. The summed E-state index contributed by atoms with van der Waals surface area (Å²) in [4.78, 5) is 15.5. The molecule has 0 spiro atoms. The van der Waals surface area contributed by atoms with Gasteiger partial charge in [-0.25, -0.2) is 9.78 Å².